The molecule has 0 rings (SSSR count). The molecule has 0 heterocycles. The van der Waals surface area contributed by atoms with Crippen LogP contribution in [0.25, 0.3) is 0 Å². The van der Waals surface area contributed by atoms with Crippen molar-refractivity contribution < 1.29 is 15.0 Å². The first-order valence-corrected chi connectivity index (χ1v) is 2.28. The predicted octanol–water partition coefficient (Wildman–Crippen LogP) is -0.482. The Morgan fingerprint density at radius 1 is 1.55 bits per heavy atom. The Balaban J connectivity index is 0. The van der Waals surface area contributed by atoms with Crippen molar-refractivity contribution in [2.45, 2.75) is 0 Å². The van der Waals surface area contributed by atoms with Crippen molar-refractivity contribution in [2.24, 2.45) is 5.84 Å². The largest absolute Gasteiger partial charge is 0.310 e. The van der Waals surface area contributed by atoms with Crippen LogP contribution in [0.2, 0.25) is 0 Å². The van der Waals surface area contributed by atoms with Gasteiger partial charge in [-0.3, -0.25) is 0 Å². The molecule has 0 aromatic rings. The number of hydrogen-bond donors (Lipinski definition) is 1. The Hall–Kier alpha value is -1.86. The third-order valence-corrected chi connectivity index (χ3v) is 0.298. The number of hydrazine groups is 1. The lowest BCUT2D eigenvalue weighted by Gasteiger charge is -1.85. The Morgan fingerprint density at radius 2 is 1.91 bits per heavy atom. The van der Waals surface area contributed by atoms with Crippen LogP contribution in [-0.4, -0.2) is 16.7 Å². The van der Waals surface area contributed by atoms with Crippen LogP contribution in [0.1, 0.15) is 0 Å². The summed E-state index contributed by atoms with van der Waals surface area (Å²) in [6.45, 7) is 3.17. The highest BCUT2D eigenvalue weighted by Gasteiger charge is 1.85. The zero-order chi connectivity index (χ0) is 9.28. The van der Waals surface area contributed by atoms with E-state index in [-0.39, 0.29) is 6.61 Å². The second kappa shape index (κ2) is 8.14. The van der Waals surface area contributed by atoms with E-state index >= 15 is 0 Å². The molecule has 0 aromatic carbocycles. The highest BCUT2D eigenvalue weighted by atomic mass is 16.9. The third kappa shape index (κ3) is 67.0. The van der Waals surface area contributed by atoms with Crippen LogP contribution in [0.3, 0.4) is 0 Å². The predicted molar refractivity (Wildman–Crippen MR) is 34.3 cm³/mol. The summed E-state index contributed by atoms with van der Waals surface area (Å²) in [4.78, 5) is 21.7. The summed E-state index contributed by atoms with van der Waals surface area (Å²) in [5.41, 5.74) is 0. The van der Waals surface area contributed by atoms with Crippen molar-refractivity contribution >= 4 is 0 Å². The minimum Gasteiger partial charge on any atom is -0.310 e. The maximum Gasteiger partial charge on any atom is 0.294 e. The second-order valence-electron chi connectivity index (χ2n) is 1.09. The Bertz CT molecular complexity index is 142. The van der Waals surface area contributed by atoms with Gasteiger partial charge in [0.15, 0.2) is 5.03 Å². The third-order valence-electron chi connectivity index (χ3n) is 0.298. The zero-order valence-corrected chi connectivity index (χ0v) is 5.50. The summed E-state index contributed by atoms with van der Waals surface area (Å²) in [5, 5.41) is 16.0. The SMILES string of the molecule is C=CCO[N+](=O)[O-].N[N+](=O)[O-]. The molecule has 0 aliphatic rings. The molecule has 0 aliphatic carbocycles. The summed E-state index contributed by atoms with van der Waals surface area (Å²) in [6, 6.07) is 0. The van der Waals surface area contributed by atoms with E-state index in [2.05, 4.69) is 17.3 Å². The number of nitrogens with two attached hydrogens (primary N) is 1. The molecule has 0 bridgehead atoms. The fourth-order valence-electron chi connectivity index (χ4n) is 0.114. The molecule has 0 spiro atoms. The van der Waals surface area contributed by atoms with E-state index in [1.807, 2.05) is 0 Å². The van der Waals surface area contributed by atoms with E-state index in [9.17, 15) is 10.1 Å². The van der Waals surface area contributed by atoms with Crippen LogP contribution in [0.15, 0.2) is 12.7 Å². The molecular weight excluding hydrogens is 158 g/mol. The Kier molecular flexibility index (Phi) is 8.79. The van der Waals surface area contributed by atoms with Gasteiger partial charge in [0.1, 0.15) is 6.61 Å². The Labute approximate surface area is 61.5 Å². The van der Waals surface area contributed by atoms with E-state index in [0.717, 1.165) is 0 Å². The van der Waals surface area contributed by atoms with E-state index in [1.54, 1.807) is 0 Å². The van der Waals surface area contributed by atoms with Gasteiger partial charge in [0.2, 0.25) is 0 Å². The summed E-state index contributed by atoms with van der Waals surface area (Å²) in [6.07, 6.45) is 1.31. The van der Waals surface area contributed by atoms with E-state index < -0.39 is 10.1 Å². The maximum absolute atomic E-state index is 9.29. The molecule has 11 heavy (non-hydrogen) atoms. The summed E-state index contributed by atoms with van der Waals surface area (Å²) in [7, 11) is 0. The normalized spacial score (nSPS) is 6.91. The molecule has 0 saturated heterocycles. The molecular formula is C3H7N3O5. The molecule has 0 aromatic heterocycles. The summed E-state index contributed by atoms with van der Waals surface area (Å²) >= 11 is 0. The minimum absolute atomic E-state index is 0.0347. The zero-order valence-electron chi connectivity index (χ0n) is 5.50. The van der Waals surface area contributed by atoms with E-state index in [1.165, 1.54) is 6.08 Å². The molecule has 0 saturated carbocycles. The van der Waals surface area contributed by atoms with Crippen LogP contribution in [-0.2, 0) is 4.84 Å². The molecule has 8 heteroatoms. The smallest absolute Gasteiger partial charge is 0.294 e. The van der Waals surface area contributed by atoms with Gasteiger partial charge in [0, 0.05) is 0 Å². The molecule has 0 aliphatic heterocycles. The highest BCUT2D eigenvalue weighted by Crippen LogP contribution is 1.71. The van der Waals surface area contributed by atoms with Crippen molar-refractivity contribution in [3.63, 3.8) is 0 Å². The first-order valence-electron chi connectivity index (χ1n) is 2.28. The molecule has 0 fully saturated rings. The first kappa shape index (κ1) is 11.9. The van der Waals surface area contributed by atoms with Gasteiger partial charge in [-0.2, -0.15) is 5.84 Å². The summed E-state index contributed by atoms with van der Waals surface area (Å²) in [5.74, 6) is 3.83. The molecule has 64 valence electrons. The minimum atomic E-state index is -1.00. The van der Waals surface area contributed by atoms with Gasteiger partial charge in [-0.25, -0.2) is 10.1 Å². The lowest BCUT2D eigenvalue weighted by molar-refractivity contribution is -0.755. The first-order chi connectivity index (χ1) is 5.00. The van der Waals surface area contributed by atoms with Gasteiger partial charge in [0.05, 0.1) is 0 Å². The number of nitrogens with zero attached hydrogens (tertiary/aromatic N) is 2. The van der Waals surface area contributed by atoms with Crippen LogP contribution in [0.4, 0.5) is 0 Å². The lowest BCUT2D eigenvalue weighted by atomic mass is 10.7. The van der Waals surface area contributed by atoms with Crippen molar-refractivity contribution in [2.75, 3.05) is 6.61 Å². The number of hydrogen-bond acceptors (Lipinski definition) is 5. The van der Waals surface area contributed by atoms with Crippen molar-refractivity contribution in [1.82, 2.24) is 0 Å². The van der Waals surface area contributed by atoms with Crippen LogP contribution in [0, 0.1) is 20.2 Å². The van der Waals surface area contributed by atoms with Gasteiger partial charge in [0.25, 0.3) is 5.09 Å². The Morgan fingerprint density at radius 3 is 2.00 bits per heavy atom. The van der Waals surface area contributed by atoms with Gasteiger partial charge >= 0.3 is 0 Å². The van der Waals surface area contributed by atoms with Crippen molar-refractivity contribution in [1.29, 1.82) is 0 Å². The standard InChI is InChI=1S/C3H5NO3.H2N2O2/c1-2-3-7-4(5)6;1-2(3)4/h2H,1,3H2;1H2. The molecule has 8 nitrogen and oxygen atoms in total. The maximum atomic E-state index is 9.29. The fourth-order valence-corrected chi connectivity index (χ4v) is 0.114. The quantitative estimate of drug-likeness (QED) is 0.261. The van der Waals surface area contributed by atoms with Crippen LogP contribution in [0.5, 0.6) is 0 Å². The van der Waals surface area contributed by atoms with Crippen molar-refractivity contribution in [3.8, 4) is 0 Å². The lowest BCUT2D eigenvalue weighted by Crippen LogP contribution is -2.04. The monoisotopic (exact) mass is 165 g/mol. The van der Waals surface area contributed by atoms with E-state index in [4.69, 9.17) is 10.1 Å². The van der Waals surface area contributed by atoms with Gasteiger partial charge in [-0.15, -0.1) is 16.7 Å². The number of rotatable bonds is 3. The second-order valence-corrected chi connectivity index (χ2v) is 1.09. The van der Waals surface area contributed by atoms with E-state index in [0.29, 0.717) is 0 Å². The summed E-state index contributed by atoms with van der Waals surface area (Å²) < 4.78 is 0. The topological polar surface area (TPSA) is 122 Å². The molecule has 0 amide bonds. The van der Waals surface area contributed by atoms with Gasteiger partial charge in [-0.05, 0) is 0 Å². The van der Waals surface area contributed by atoms with Crippen molar-refractivity contribution in [3.05, 3.63) is 32.9 Å². The average molecular weight is 165 g/mol. The number of nitro groups is 1. The fraction of sp³-hybridized carbons (Fsp3) is 0.333. The molecule has 2 N–H and O–H groups in total. The molecule has 0 unspecified atom stereocenters. The van der Waals surface area contributed by atoms with Crippen LogP contribution < -0.4 is 5.84 Å². The van der Waals surface area contributed by atoms with Crippen LogP contribution >= 0.6 is 0 Å². The molecule has 0 radical (unpaired) electrons. The highest BCUT2D eigenvalue weighted by molar-refractivity contribution is 4.61. The van der Waals surface area contributed by atoms with Gasteiger partial charge in [-0.1, -0.05) is 6.08 Å². The molecule has 0 atom stereocenters. The van der Waals surface area contributed by atoms with Gasteiger partial charge < -0.3 is 4.84 Å². The average Bonchev–Trinajstić information content (AvgIpc) is 1.82.